The Morgan fingerprint density at radius 3 is 1.82 bits per heavy atom. The number of aryl methyl sites for hydroxylation is 1. The fraction of sp³-hybridized carbons (Fsp3) is 0.0909. The summed E-state index contributed by atoms with van der Waals surface area (Å²) >= 11 is 0. The van der Waals surface area contributed by atoms with Gasteiger partial charge in [0.15, 0.2) is 0 Å². The molecule has 0 atom stereocenters. The van der Waals surface area contributed by atoms with E-state index in [1.54, 1.807) is 25.1 Å². The van der Waals surface area contributed by atoms with E-state index < -0.39 is 20.5 Å². The molecule has 0 saturated heterocycles. The van der Waals surface area contributed by atoms with Crippen molar-refractivity contribution in [3.05, 3.63) is 42.0 Å². The molecule has 0 fully saturated rings. The van der Waals surface area contributed by atoms with Gasteiger partial charge in [0.2, 0.25) is 0 Å². The van der Waals surface area contributed by atoms with Crippen molar-refractivity contribution in [2.75, 3.05) is 0 Å². The Morgan fingerprint density at radius 1 is 0.909 bits per heavy atom. The Labute approximate surface area is 173 Å². The van der Waals surface area contributed by atoms with E-state index >= 15 is 0 Å². The second-order valence-electron chi connectivity index (χ2n) is 3.82. The third-order valence-electron chi connectivity index (χ3n) is 2.33. The first kappa shape index (κ1) is 24.7. The Hall–Kier alpha value is 0.480. The Morgan fingerprint density at radius 2 is 1.36 bits per heavy atom. The summed E-state index contributed by atoms with van der Waals surface area (Å²) in [6, 6.07) is 10.6. The van der Waals surface area contributed by atoms with E-state index in [0.29, 0.717) is 10.9 Å². The Kier molecular flexibility index (Phi) is 10.9. The molecule has 0 heterocycles. The summed E-state index contributed by atoms with van der Waals surface area (Å²) in [5.74, 6) is 0. The van der Waals surface area contributed by atoms with Gasteiger partial charge >= 0.3 is 59.1 Å². The second kappa shape index (κ2) is 9.70. The average molecular weight is 364 g/mol. The zero-order valence-corrected chi connectivity index (χ0v) is 17.8. The van der Waals surface area contributed by atoms with Gasteiger partial charge in [-0.05, 0) is 17.9 Å². The molecule has 0 unspecified atom stereocenters. The molecular formula is C11H10Na2O7S2. The second-order valence-corrected chi connectivity index (χ2v) is 5.99. The third-order valence-corrected chi connectivity index (χ3v) is 3.39. The molecule has 11 heteroatoms. The molecule has 7 nitrogen and oxygen atoms in total. The smallest absolute Gasteiger partial charge is 0.759 e. The summed E-state index contributed by atoms with van der Waals surface area (Å²) < 4.78 is 65.7. The Balaban J connectivity index is 0. The minimum atomic E-state index is -5.17. The molecule has 2 aromatic rings. The van der Waals surface area contributed by atoms with Gasteiger partial charge in [-0.2, -0.15) is 8.42 Å². The van der Waals surface area contributed by atoms with Crippen LogP contribution in [0.2, 0.25) is 0 Å². The molecule has 0 aliphatic rings. The maximum Gasteiger partial charge on any atom is 1.00 e. The molecule has 22 heavy (non-hydrogen) atoms. The third kappa shape index (κ3) is 8.37. The molecule has 110 valence electrons. The van der Waals surface area contributed by atoms with Crippen LogP contribution < -0.4 is 59.1 Å². The summed E-state index contributed by atoms with van der Waals surface area (Å²) in [5.41, 5.74) is 0.552. The quantitative estimate of drug-likeness (QED) is 0.304. The predicted octanol–water partition coefficient (Wildman–Crippen LogP) is -4.94. The van der Waals surface area contributed by atoms with Crippen LogP contribution in [0.3, 0.4) is 0 Å². The topological polar surface area (TPSA) is 135 Å². The number of rotatable bonds is 1. The van der Waals surface area contributed by atoms with Gasteiger partial charge in [-0.1, -0.05) is 36.4 Å². The average Bonchev–Trinajstić information content (AvgIpc) is 2.24. The molecule has 0 saturated carbocycles. The maximum absolute atomic E-state index is 11.2. The predicted molar refractivity (Wildman–Crippen MR) is 69.0 cm³/mol. The molecule has 0 bridgehead atoms. The first-order valence-corrected chi connectivity index (χ1v) is 7.90. The molecule has 1 N–H and O–H groups in total. The molecule has 0 radical (unpaired) electrons. The molecule has 0 aromatic heterocycles. The summed E-state index contributed by atoms with van der Waals surface area (Å²) in [7, 11) is -9.33. The van der Waals surface area contributed by atoms with Crippen LogP contribution in [0.1, 0.15) is 5.56 Å². The number of hydrogen-bond donors (Lipinski definition) is 1. The Bertz CT molecular complexity index is 825. The van der Waals surface area contributed by atoms with Crippen molar-refractivity contribution in [1.82, 2.24) is 0 Å². The molecule has 2 aromatic carbocycles. The zero-order valence-electron chi connectivity index (χ0n) is 12.2. The molecule has 0 aliphatic carbocycles. The largest absolute Gasteiger partial charge is 1.00 e. The summed E-state index contributed by atoms with van der Waals surface area (Å²) in [6.45, 7) is 1.66. The van der Waals surface area contributed by atoms with Gasteiger partial charge in [-0.15, -0.1) is 0 Å². The van der Waals surface area contributed by atoms with Gasteiger partial charge in [0, 0.05) is 15.8 Å². The summed E-state index contributed by atoms with van der Waals surface area (Å²) in [5, 5.41) is 1.36. The normalized spacial score (nSPS) is 10.7. The van der Waals surface area contributed by atoms with Crippen LogP contribution in [0.5, 0.6) is 0 Å². The minimum absolute atomic E-state index is 0. The van der Waals surface area contributed by atoms with E-state index in [0.717, 1.165) is 5.39 Å². The van der Waals surface area contributed by atoms with E-state index in [9.17, 15) is 8.42 Å². The number of fused-ring (bicyclic) bond motifs is 1. The molecule has 0 amide bonds. The summed E-state index contributed by atoms with van der Waals surface area (Å²) in [4.78, 5) is 0.000556. The van der Waals surface area contributed by atoms with Crippen LogP contribution in [-0.2, 0) is 20.5 Å². The van der Waals surface area contributed by atoms with Gasteiger partial charge in [-0.3, -0.25) is 13.0 Å². The van der Waals surface area contributed by atoms with E-state index in [1.165, 1.54) is 0 Å². The van der Waals surface area contributed by atoms with Gasteiger partial charge in [0.25, 0.3) is 10.1 Å². The molecule has 0 spiro atoms. The van der Waals surface area contributed by atoms with Gasteiger partial charge in [0.05, 0.1) is 0 Å². The standard InChI is InChI=1S/C11H10O3S.2Na.H2O4S/c1-8-6-7-9-4-2-3-5-10(9)11(8)15(12,13)14;;;1-5(2,3)4/h2-7H,1H3,(H,12,13,14);;;(H2,1,2,3,4)/q;2*+1;/p-2. The van der Waals surface area contributed by atoms with E-state index in [1.807, 2.05) is 18.2 Å². The maximum atomic E-state index is 11.2. The fourth-order valence-electron chi connectivity index (χ4n) is 1.69. The van der Waals surface area contributed by atoms with Gasteiger partial charge in [-0.25, -0.2) is 0 Å². The van der Waals surface area contributed by atoms with Crippen LogP contribution in [0.4, 0.5) is 0 Å². The zero-order chi connectivity index (χ0) is 15.6. The first-order chi connectivity index (χ1) is 9.00. The summed E-state index contributed by atoms with van der Waals surface area (Å²) in [6.07, 6.45) is 0. The van der Waals surface area contributed by atoms with Crippen molar-refractivity contribution in [3.63, 3.8) is 0 Å². The monoisotopic (exact) mass is 364 g/mol. The molecule has 0 aliphatic heterocycles. The number of hydrogen-bond acceptors (Lipinski definition) is 6. The van der Waals surface area contributed by atoms with Crippen LogP contribution in [0.15, 0.2) is 41.3 Å². The van der Waals surface area contributed by atoms with Gasteiger partial charge < -0.3 is 9.11 Å². The van der Waals surface area contributed by atoms with Crippen LogP contribution in [0.25, 0.3) is 10.8 Å². The fourth-order valence-corrected chi connectivity index (χ4v) is 2.63. The molecular weight excluding hydrogens is 354 g/mol. The van der Waals surface area contributed by atoms with Crippen molar-refractivity contribution < 1.29 is 89.6 Å². The van der Waals surface area contributed by atoms with Crippen molar-refractivity contribution in [2.24, 2.45) is 0 Å². The minimum Gasteiger partial charge on any atom is -0.759 e. The van der Waals surface area contributed by atoms with Crippen LogP contribution in [-0.4, -0.2) is 30.5 Å². The van der Waals surface area contributed by atoms with E-state index in [4.69, 9.17) is 22.1 Å². The van der Waals surface area contributed by atoms with Crippen molar-refractivity contribution in [1.29, 1.82) is 0 Å². The van der Waals surface area contributed by atoms with Gasteiger partial charge in [0.1, 0.15) is 4.90 Å². The van der Waals surface area contributed by atoms with Crippen LogP contribution >= 0.6 is 0 Å². The van der Waals surface area contributed by atoms with Crippen molar-refractivity contribution >= 4 is 31.3 Å². The first-order valence-electron chi connectivity index (χ1n) is 5.12. The molecule has 2 rings (SSSR count). The SMILES string of the molecule is Cc1ccc2ccccc2c1S(=O)(=O)O.O=S(=O)([O-])[O-].[Na+].[Na+]. The van der Waals surface area contributed by atoms with Crippen LogP contribution in [0, 0.1) is 6.92 Å². The van der Waals surface area contributed by atoms with E-state index in [2.05, 4.69) is 0 Å². The number of benzene rings is 2. The van der Waals surface area contributed by atoms with Crippen molar-refractivity contribution in [3.8, 4) is 0 Å². The van der Waals surface area contributed by atoms with Crippen molar-refractivity contribution in [2.45, 2.75) is 11.8 Å². The van der Waals surface area contributed by atoms with E-state index in [-0.39, 0.29) is 64.0 Å².